The van der Waals surface area contributed by atoms with Crippen molar-refractivity contribution in [3.8, 4) is 5.75 Å². The number of aromatic nitrogens is 1. The number of pyridine rings is 1. The van der Waals surface area contributed by atoms with Crippen LogP contribution in [0.1, 0.15) is 70.0 Å². The average Bonchev–Trinajstić information content (AvgIpc) is 3.30. The molecule has 1 aliphatic carbocycles. The number of nitrogens with zero attached hydrogens (tertiary/aromatic N) is 2. The van der Waals surface area contributed by atoms with E-state index in [-0.39, 0.29) is 23.4 Å². The average molecular weight is 619 g/mol. The van der Waals surface area contributed by atoms with Gasteiger partial charge in [-0.3, -0.25) is 24.7 Å². The summed E-state index contributed by atoms with van der Waals surface area (Å²) in [5.41, 5.74) is 1.87. The highest BCUT2D eigenvalue weighted by atomic mass is 32.2. The van der Waals surface area contributed by atoms with E-state index < -0.39 is 69.2 Å². The third kappa shape index (κ3) is 6.02. The van der Waals surface area contributed by atoms with Crippen LogP contribution in [0.3, 0.4) is 0 Å². The van der Waals surface area contributed by atoms with Gasteiger partial charge in [-0.15, -0.1) is 0 Å². The maximum Gasteiger partial charge on any atom is 0.259 e. The number of methoxy groups -OCH3 is 1. The number of fused-ring (bicyclic) bond motifs is 1. The van der Waals surface area contributed by atoms with Crippen molar-refractivity contribution in [3.63, 3.8) is 0 Å². The highest BCUT2D eigenvalue weighted by Gasteiger charge is 2.31. The van der Waals surface area contributed by atoms with Crippen molar-refractivity contribution in [3.05, 3.63) is 82.2 Å². The molecule has 0 radical (unpaired) electrons. The minimum absolute atomic E-state index is 0.0331. The van der Waals surface area contributed by atoms with Gasteiger partial charge in [-0.1, -0.05) is 25.3 Å². The second kappa shape index (κ2) is 12.6. The Bertz CT molecular complexity index is 1600. The first kappa shape index (κ1) is 30.3. The number of hydrogen-bond donors (Lipinski definition) is 2. The largest absolute Gasteiger partial charge is 0.491 e. The summed E-state index contributed by atoms with van der Waals surface area (Å²) in [5.74, 6) is -10.6. The Morgan fingerprint density at radius 2 is 1.67 bits per heavy atom. The van der Waals surface area contributed by atoms with Crippen LogP contribution in [0.15, 0.2) is 41.4 Å². The van der Waals surface area contributed by atoms with Gasteiger partial charge < -0.3 is 9.64 Å². The molecular weight excluding hydrogens is 592 g/mol. The number of hydrogen-bond acceptors (Lipinski definition) is 6. The number of amides is 3. The first-order valence-corrected chi connectivity index (χ1v) is 14.6. The lowest BCUT2D eigenvalue weighted by atomic mass is 9.85. The predicted octanol–water partition coefficient (Wildman–Crippen LogP) is 4.42. The molecule has 1 atom stereocenters. The molecule has 1 aromatic heterocycles. The van der Waals surface area contributed by atoms with Crippen molar-refractivity contribution in [2.24, 2.45) is 0 Å². The molecule has 3 amide bonds. The molecule has 1 fully saturated rings. The smallest absolute Gasteiger partial charge is 0.259 e. The van der Waals surface area contributed by atoms with E-state index in [2.05, 4.69) is 19.8 Å². The van der Waals surface area contributed by atoms with Crippen molar-refractivity contribution >= 4 is 34.4 Å². The number of rotatable bonds is 9. The molecule has 0 spiro atoms. The van der Waals surface area contributed by atoms with E-state index >= 15 is 0 Å². The van der Waals surface area contributed by atoms with Crippen molar-refractivity contribution < 1.29 is 40.9 Å². The number of ether oxygens (including phenoxy) is 1. The van der Waals surface area contributed by atoms with Crippen LogP contribution in [0, 0.1) is 23.3 Å². The van der Waals surface area contributed by atoms with E-state index in [9.17, 15) is 36.2 Å². The molecule has 14 heteroatoms. The molecule has 0 bridgehead atoms. The Labute approximate surface area is 246 Å². The van der Waals surface area contributed by atoms with Gasteiger partial charge in [0.1, 0.15) is 15.9 Å². The Morgan fingerprint density at radius 3 is 2.30 bits per heavy atom. The molecular formula is C29H26F4N4O5S. The fourth-order valence-corrected chi connectivity index (χ4v) is 6.15. The van der Waals surface area contributed by atoms with Gasteiger partial charge in [0.05, 0.1) is 37.0 Å². The maximum atomic E-state index is 14.5. The first-order chi connectivity index (χ1) is 20.6. The van der Waals surface area contributed by atoms with E-state index in [0.29, 0.717) is 11.6 Å². The van der Waals surface area contributed by atoms with Crippen LogP contribution < -0.4 is 19.7 Å². The summed E-state index contributed by atoms with van der Waals surface area (Å²) in [6, 6.07) is 7.81. The van der Waals surface area contributed by atoms with E-state index in [1.165, 1.54) is 29.5 Å². The fourth-order valence-electron chi connectivity index (χ4n) is 5.24. The first-order valence-electron chi connectivity index (χ1n) is 13.4. The molecule has 2 heterocycles. The van der Waals surface area contributed by atoms with E-state index in [1.54, 1.807) is 12.3 Å². The zero-order valence-corrected chi connectivity index (χ0v) is 23.7. The summed E-state index contributed by atoms with van der Waals surface area (Å²) in [5, 5.41) is 2.16. The van der Waals surface area contributed by atoms with E-state index in [4.69, 9.17) is 0 Å². The lowest BCUT2D eigenvalue weighted by Gasteiger charge is -2.24. The normalized spacial score (nSPS) is 15.7. The summed E-state index contributed by atoms with van der Waals surface area (Å²) in [4.78, 5) is 41.9. The van der Waals surface area contributed by atoms with Crippen molar-refractivity contribution in [1.82, 2.24) is 15.0 Å². The van der Waals surface area contributed by atoms with Crippen LogP contribution in [0.25, 0.3) is 0 Å². The monoisotopic (exact) mass is 618 g/mol. The third-order valence-electron chi connectivity index (χ3n) is 7.50. The number of imide groups is 1. The van der Waals surface area contributed by atoms with Gasteiger partial charge in [0, 0.05) is 11.9 Å². The zero-order valence-electron chi connectivity index (χ0n) is 22.8. The third-order valence-corrected chi connectivity index (χ3v) is 8.64. The van der Waals surface area contributed by atoms with Crippen LogP contribution in [0.4, 0.5) is 23.2 Å². The van der Waals surface area contributed by atoms with Crippen LogP contribution >= 0.6 is 0 Å². The minimum atomic E-state index is -2.90. The Morgan fingerprint density at radius 1 is 1.00 bits per heavy atom. The molecule has 2 aliphatic rings. The molecule has 2 aromatic carbocycles. The van der Waals surface area contributed by atoms with Gasteiger partial charge in [0.25, 0.3) is 11.8 Å². The molecule has 9 nitrogen and oxygen atoms in total. The van der Waals surface area contributed by atoms with Gasteiger partial charge >= 0.3 is 0 Å². The van der Waals surface area contributed by atoms with Crippen LogP contribution in [-0.4, -0.2) is 40.6 Å². The predicted molar refractivity (Wildman–Crippen MR) is 147 cm³/mol. The molecule has 43 heavy (non-hydrogen) atoms. The standard InChI is InChI=1S/C29H26F4N4O5S/c1-42-26-22(30)24(32)27(25(33)23(26)31)43(41)35-13-21(38)37(18-9-10-19-20(11-18)29(40)36-28(19)39)14-17-8-7-16(12-34-17)15-5-3-2-4-6-15/h7-12,15,35H,2-6,13-14H2,1H3,(H,36,39,40). The molecule has 3 aromatic rings. The van der Waals surface area contributed by atoms with Crippen molar-refractivity contribution in [1.29, 1.82) is 0 Å². The quantitative estimate of drug-likeness (QED) is 0.208. The Balaban J connectivity index is 1.40. The summed E-state index contributed by atoms with van der Waals surface area (Å²) in [6.07, 6.45) is 7.35. The zero-order chi connectivity index (χ0) is 30.8. The van der Waals surface area contributed by atoms with Crippen LogP contribution in [0.2, 0.25) is 0 Å². The van der Waals surface area contributed by atoms with Crippen molar-refractivity contribution in [2.75, 3.05) is 18.6 Å². The molecule has 1 saturated carbocycles. The number of nitrogens with one attached hydrogen (secondary N) is 2. The highest BCUT2D eigenvalue weighted by Crippen LogP contribution is 2.33. The SMILES string of the molecule is COc1c(F)c(F)c(S(=O)NCC(=O)N(Cc2ccc(C3CCCCC3)cn2)c2ccc3c(c2)C(=O)NC3=O)c(F)c1F. The molecule has 2 N–H and O–H groups in total. The van der Waals surface area contributed by atoms with Gasteiger partial charge in [0.15, 0.2) is 17.4 Å². The fraction of sp³-hybridized carbons (Fsp3) is 0.310. The number of halogens is 4. The molecule has 0 saturated heterocycles. The van der Waals surface area contributed by atoms with Gasteiger partial charge in [0.2, 0.25) is 17.5 Å². The second-order valence-corrected chi connectivity index (χ2v) is 11.4. The lowest BCUT2D eigenvalue weighted by Crippen LogP contribution is -2.39. The molecule has 1 unspecified atom stereocenters. The molecule has 1 aliphatic heterocycles. The van der Waals surface area contributed by atoms with Crippen molar-refractivity contribution in [2.45, 2.75) is 49.5 Å². The number of carbonyl (C=O) groups is 3. The van der Waals surface area contributed by atoms with Crippen LogP contribution in [0.5, 0.6) is 5.75 Å². The van der Waals surface area contributed by atoms with E-state index in [0.717, 1.165) is 38.4 Å². The second-order valence-electron chi connectivity index (χ2n) is 10.1. The summed E-state index contributed by atoms with van der Waals surface area (Å²) >= 11 is 0. The summed E-state index contributed by atoms with van der Waals surface area (Å²) < 4.78 is 76.4. The maximum absolute atomic E-state index is 14.5. The summed E-state index contributed by atoms with van der Waals surface area (Å²) in [6.45, 7) is -0.926. The Hall–Kier alpha value is -4.17. The molecule has 5 rings (SSSR count). The number of benzene rings is 2. The molecule has 226 valence electrons. The topological polar surface area (TPSA) is 118 Å². The summed E-state index contributed by atoms with van der Waals surface area (Å²) in [7, 11) is -2.10. The number of carbonyl (C=O) groups excluding carboxylic acids is 3. The lowest BCUT2D eigenvalue weighted by molar-refractivity contribution is -0.117. The minimum Gasteiger partial charge on any atom is -0.491 e. The van der Waals surface area contributed by atoms with Gasteiger partial charge in [-0.05, 0) is 48.6 Å². The van der Waals surface area contributed by atoms with Crippen LogP contribution in [-0.2, 0) is 22.3 Å². The highest BCUT2D eigenvalue weighted by molar-refractivity contribution is 7.83. The van der Waals surface area contributed by atoms with Gasteiger partial charge in [-0.2, -0.15) is 8.78 Å². The Kier molecular flexibility index (Phi) is 8.87. The number of anilines is 1. The van der Waals surface area contributed by atoms with Gasteiger partial charge in [-0.25, -0.2) is 17.7 Å². The van der Waals surface area contributed by atoms with E-state index in [1.807, 2.05) is 6.07 Å².